The molecule has 4 nitrogen and oxygen atoms in total. The van der Waals surface area contributed by atoms with Gasteiger partial charge >= 0.3 is 0 Å². The highest BCUT2D eigenvalue weighted by Crippen LogP contribution is 2.09. The Labute approximate surface area is 99.5 Å². The Morgan fingerprint density at radius 3 is 2.81 bits per heavy atom. The second-order valence-corrected chi connectivity index (χ2v) is 4.13. The number of hydrogen-bond donors (Lipinski definition) is 2. The third kappa shape index (κ3) is 3.12. The maximum absolute atomic E-state index is 5.80. The average Bonchev–Trinajstić information content (AvgIpc) is 2.67. The molecule has 0 radical (unpaired) electrons. The van der Waals surface area contributed by atoms with Gasteiger partial charge in [-0.3, -0.25) is 0 Å². The zero-order valence-corrected chi connectivity index (χ0v) is 9.57. The topological polar surface area (TPSA) is 59.6 Å². The lowest BCUT2D eigenvalue weighted by molar-refractivity contribution is 0.309. The number of ether oxygens (including phenoxy) is 1. The summed E-state index contributed by atoms with van der Waals surface area (Å²) in [6, 6.07) is 8.18. The molecule has 0 aromatic heterocycles. The number of amidine groups is 1. The lowest BCUT2D eigenvalue weighted by Crippen LogP contribution is -2.26. The Hall–Kier alpha value is -1.26. The van der Waals surface area contributed by atoms with Crippen molar-refractivity contribution in [2.75, 3.05) is 13.2 Å². The molecule has 0 fully saturated rings. The zero-order valence-electron chi connectivity index (χ0n) is 8.82. The number of rotatable bonds is 4. The van der Waals surface area contributed by atoms with Crippen LogP contribution in [0.5, 0.6) is 0 Å². The first-order chi connectivity index (χ1) is 7.74. The first-order valence-electron chi connectivity index (χ1n) is 5.15. The van der Waals surface area contributed by atoms with Crippen molar-refractivity contribution in [1.82, 2.24) is 5.32 Å². The number of nitrogens with zero attached hydrogens (tertiary/aromatic N) is 1. The summed E-state index contributed by atoms with van der Waals surface area (Å²) in [5.41, 5.74) is 6.60. The summed E-state index contributed by atoms with van der Waals surface area (Å²) in [5, 5.41) is 4.05. The average molecular weight is 240 g/mol. The molecule has 0 saturated carbocycles. The van der Waals surface area contributed by atoms with Crippen LogP contribution in [-0.4, -0.2) is 25.2 Å². The van der Waals surface area contributed by atoms with E-state index >= 15 is 0 Å². The first-order valence-corrected chi connectivity index (χ1v) is 5.53. The molecule has 0 spiro atoms. The summed E-state index contributed by atoms with van der Waals surface area (Å²) in [4.78, 5) is 4.12. The van der Waals surface area contributed by atoms with E-state index in [0.717, 1.165) is 18.1 Å². The van der Waals surface area contributed by atoms with E-state index in [-0.39, 0.29) is 6.04 Å². The van der Waals surface area contributed by atoms with Crippen molar-refractivity contribution in [3.8, 4) is 0 Å². The van der Waals surface area contributed by atoms with Crippen LogP contribution < -0.4 is 11.1 Å². The van der Waals surface area contributed by atoms with Crippen LogP contribution >= 0.6 is 11.6 Å². The van der Waals surface area contributed by atoms with Gasteiger partial charge in [0.25, 0.3) is 6.02 Å². The monoisotopic (exact) mass is 239 g/mol. The highest BCUT2D eigenvalue weighted by molar-refractivity contribution is 6.30. The molecule has 0 saturated heterocycles. The molecule has 86 valence electrons. The van der Waals surface area contributed by atoms with Crippen LogP contribution in [0.4, 0.5) is 0 Å². The van der Waals surface area contributed by atoms with Gasteiger partial charge in [-0.2, -0.15) is 0 Å². The summed E-state index contributed by atoms with van der Waals surface area (Å²) in [6.07, 6.45) is 0. The van der Waals surface area contributed by atoms with Crippen LogP contribution in [0, 0.1) is 0 Å². The summed E-state index contributed by atoms with van der Waals surface area (Å²) in [5.74, 6) is 0. The fourth-order valence-electron chi connectivity index (χ4n) is 1.53. The van der Waals surface area contributed by atoms with Gasteiger partial charge in [-0.15, -0.1) is 0 Å². The van der Waals surface area contributed by atoms with Gasteiger partial charge in [-0.1, -0.05) is 23.7 Å². The van der Waals surface area contributed by atoms with E-state index < -0.39 is 0 Å². The van der Waals surface area contributed by atoms with Crippen LogP contribution in [-0.2, 0) is 11.3 Å². The number of hydrogen-bond acceptors (Lipinski definition) is 4. The Bertz CT molecular complexity index is 377. The maximum atomic E-state index is 5.80. The van der Waals surface area contributed by atoms with Crippen LogP contribution in [0.25, 0.3) is 0 Å². The van der Waals surface area contributed by atoms with Crippen molar-refractivity contribution in [3.63, 3.8) is 0 Å². The normalized spacial score (nSPS) is 19.3. The Morgan fingerprint density at radius 1 is 1.44 bits per heavy atom. The van der Waals surface area contributed by atoms with Gasteiger partial charge < -0.3 is 15.8 Å². The Morgan fingerprint density at radius 2 is 2.19 bits per heavy atom. The molecule has 0 unspecified atom stereocenters. The van der Waals surface area contributed by atoms with Gasteiger partial charge in [0.1, 0.15) is 12.6 Å². The highest BCUT2D eigenvalue weighted by atomic mass is 35.5. The van der Waals surface area contributed by atoms with Crippen molar-refractivity contribution < 1.29 is 4.74 Å². The minimum Gasteiger partial charge on any atom is -0.463 e. The molecule has 1 aliphatic rings. The van der Waals surface area contributed by atoms with E-state index in [1.54, 1.807) is 0 Å². The highest BCUT2D eigenvalue weighted by Gasteiger charge is 2.15. The van der Waals surface area contributed by atoms with Gasteiger partial charge in [0.15, 0.2) is 0 Å². The summed E-state index contributed by atoms with van der Waals surface area (Å²) in [6.45, 7) is 2.13. The number of nitrogens with one attached hydrogen (secondary N) is 1. The van der Waals surface area contributed by atoms with Crippen LogP contribution in [0.1, 0.15) is 5.56 Å². The smallest absolute Gasteiger partial charge is 0.282 e. The van der Waals surface area contributed by atoms with Gasteiger partial charge in [0.2, 0.25) is 0 Å². The van der Waals surface area contributed by atoms with Crippen LogP contribution in [0.15, 0.2) is 29.3 Å². The molecular formula is C11H14ClN3O. The van der Waals surface area contributed by atoms with E-state index in [2.05, 4.69) is 10.3 Å². The minimum absolute atomic E-state index is 0.132. The van der Waals surface area contributed by atoms with Crippen molar-refractivity contribution in [2.24, 2.45) is 10.7 Å². The van der Waals surface area contributed by atoms with Gasteiger partial charge in [-0.25, -0.2) is 4.99 Å². The van der Waals surface area contributed by atoms with Gasteiger partial charge in [0.05, 0.1) is 0 Å². The second kappa shape index (κ2) is 5.18. The number of nitrogens with two attached hydrogens (primary N) is 1. The predicted octanol–water partition coefficient (Wildman–Crippen LogP) is 1.14. The van der Waals surface area contributed by atoms with Crippen molar-refractivity contribution >= 4 is 17.6 Å². The Balaban J connectivity index is 1.74. The standard InChI is InChI=1S/C11H14ClN3O/c12-9-3-1-8(2-4-9)5-14-6-10-7-16-11(13)15-10/h1-4,10,14H,5-7H2,(H2,13,15)/t10-/m0/s1. The summed E-state index contributed by atoms with van der Waals surface area (Å²) >= 11 is 5.80. The fourth-order valence-corrected chi connectivity index (χ4v) is 1.65. The Kier molecular flexibility index (Phi) is 3.64. The van der Waals surface area contributed by atoms with Crippen LogP contribution in [0.2, 0.25) is 5.02 Å². The largest absolute Gasteiger partial charge is 0.463 e. The lowest BCUT2D eigenvalue weighted by Gasteiger charge is -2.07. The van der Waals surface area contributed by atoms with Crippen molar-refractivity contribution in [2.45, 2.75) is 12.6 Å². The van der Waals surface area contributed by atoms with Crippen molar-refractivity contribution in [3.05, 3.63) is 34.9 Å². The molecule has 0 bridgehead atoms. The third-order valence-corrected chi connectivity index (χ3v) is 2.61. The molecule has 5 heteroatoms. The first kappa shape index (κ1) is 11.2. The third-order valence-electron chi connectivity index (χ3n) is 2.36. The van der Waals surface area contributed by atoms with E-state index in [0.29, 0.717) is 12.6 Å². The summed E-state index contributed by atoms with van der Waals surface area (Å²) in [7, 11) is 0. The zero-order chi connectivity index (χ0) is 11.4. The lowest BCUT2D eigenvalue weighted by atomic mass is 10.2. The SMILES string of the molecule is NC1=N[C@@H](CNCc2ccc(Cl)cc2)CO1. The van der Waals surface area contributed by atoms with E-state index in [4.69, 9.17) is 22.1 Å². The van der Waals surface area contributed by atoms with Crippen molar-refractivity contribution in [1.29, 1.82) is 0 Å². The molecule has 1 atom stereocenters. The molecule has 1 aromatic rings. The molecule has 1 aromatic carbocycles. The van der Waals surface area contributed by atoms with Crippen LogP contribution in [0.3, 0.4) is 0 Å². The fraction of sp³-hybridized carbons (Fsp3) is 0.364. The van der Waals surface area contributed by atoms with E-state index in [9.17, 15) is 0 Å². The van der Waals surface area contributed by atoms with E-state index in [1.807, 2.05) is 24.3 Å². The van der Waals surface area contributed by atoms with Gasteiger partial charge in [-0.05, 0) is 17.7 Å². The molecule has 16 heavy (non-hydrogen) atoms. The quantitative estimate of drug-likeness (QED) is 0.829. The number of aliphatic imine (C=N–C) groups is 1. The molecule has 3 N–H and O–H groups in total. The maximum Gasteiger partial charge on any atom is 0.282 e. The molecule has 0 amide bonds. The van der Waals surface area contributed by atoms with E-state index in [1.165, 1.54) is 5.56 Å². The molecule has 1 aliphatic heterocycles. The molecule has 2 rings (SSSR count). The number of halogens is 1. The predicted molar refractivity (Wildman–Crippen MR) is 64.5 cm³/mol. The number of benzene rings is 1. The molecular weight excluding hydrogens is 226 g/mol. The van der Waals surface area contributed by atoms with Gasteiger partial charge in [0, 0.05) is 18.1 Å². The summed E-state index contributed by atoms with van der Waals surface area (Å²) < 4.78 is 5.05. The molecule has 0 aliphatic carbocycles. The second-order valence-electron chi connectivity index (χ2n) is 3.69. The molecule has 1 heterocycles. The minimum atomic E-state index is 0.132.